The van der Waals surface area contributed by atoms with Crippen LogP contribution < -0.4 is 0 Å². The summed E-state index contributed by atoms with van der Waals surface area (Å²) in [7, 11) is 0. The van der Waals surface area contributed by atoms with Crippen molar-refractivity contribution in [2.24, 2.45) is 0 Å². The van der Waals surface area contributed by atoms with Gasteiger partial charge in [-0.3, -0.25) is 0 Å². The van der Waals surface area contributed by atoms with E-state index in [2.05, 4.69) is 90.1 Å². The van der Waals surface area contributed by atoms with Crippen molar-refractivity contribution in [3.8, 4) is 22.7 Å². The van der Waals surface area contributed by atoms with Gasteiger partial charge in [-0.05, 0) is 84.0 Å². The van der Waals surface area contributed by atoms with Gasteiger partial charge in [-0.25, -0.2) is 9.97 Å². The Kier molecular flexibility index (Phi) is 6.95. The summed E-state index contributed by atoms with van der Waals surface area (Å²) in [5, 5.41) is 14.8. The Labute approximate surface area is 251 Å². The van der Waals surface area contributed by atoms with Crippen LogP contribution in [-0.4, -0.2) is 19.6 Å². The summed E-state index contributed by atoms with van der Waals surface area (Å²) in [6.45, 7) is 4.24. The molecule has 0 radical (unpaired) electrons. The Morgan fingerprint density at radius 3 is 2.33 bits per heavy atom. The first-order chi connectivity index (χ1) is 19.1. The monoisotopic (exact) mass is 717 g/mol. The summed E-state index contributed by atoms with van der Waals surface area (Å²) in [6.07, 6.45) is 1.81. The quantitative estimate of drug-likeness (QED) is 0.185. The van der Waals surface area contributed by atoms with Crippen molar-refractivity contribution in [1.82, 2.24) is 14.5 Å². The van der Waals surface area contributed by atoms with E-state index < -0.39 is 0 Å². The van der Waals surface area contributed by atoms with E-state index >= 15 is 0 Å². The number of pyridine rings is 2. The Bertz CT molecular complexity index is 2020. The van der Waals surface area contributed by atoms with Crippen LogP contribution in [0.25, 0.3) is 49.7 Å². The van der Waals surface area contributed by atoms with Gasteiger partial charge in [0.1, 0.15) is 17.1 Å². The van der Waals surface area contributed by atoms with Gasteiger partial charge in [0.2, 0.25) is 0 Å². The molecule has 0 unspecified atom stereocenters. The van der Waals surface area contributed by atoms with Crippen molar-refractivity contribution in [3.05, 3.63) is 120 Å². The van der Waals surface area contributed by atoms with Gasteiger partial charge in [0.05, 0.1) is 5.03 Å². The molecule has 4 aromatic carbocycles. The number of aromatic nitrogens is 3. The minimum atomic E-state index is 0. The number of rotatable bonds is 4. The summed E-state index contributed by atoms with van der Waals surface area (Å²) in [5.41, 5.74) is 7.33. The molecule has 0 aliphatic heterocycles. The van der Waals surface area contributed by atoms with Crippen LogP contribution in [0.5, 0.6) is 5.75 Å². The third-order valence-corrected chi connectivity index (χ3v) is 8.11. The maximum Gasteiger partial charge on any atom is 0.141 e. The van der Waals surface area contributed by atoms with Crippen LogP contribution in [0.1, 0.15) is 11.1 Å². The first kappa shape index (κ1) is 26.3. The Morgan fingerprint density at radius 1 is 0.750 bits per heavy atom. The van der Waals surface area contributed by atoms with Crippen molar-refractivity contribution in [3.63, 3.8) is 0 Å². The molecule has 6 heteroatoms. The summed E-state index contributed by atoms with van der Waals surface area (Å²) in [4.78, 5) is 10.5. The Balaban J connectivity index is 0.00000289. The molecule has 198 valence electrons. The van der Waals surface area contributed by atoms with Gasteiger partial charge in [-0.15, -0.1) is 11.5 Å². The molecule has 0 saturated carbocycles. The van der Waals surface area contributed by atoms with Crippen LogP contribution in [-0.2, 0) is 21.1 Å². The van der Waals surface area contributed by atoms with E-state index in [-0.39, 0.29) is 26.8 Å². The molecular weight excluding hydrogens is 694 g/mol. The maximum absolute atomic E-state index is 10.8. The van der Waals surface area contributed by atoms with Gasteiger partial charge in [0.25, 0.3) is 0 Å². The molecule has 0 saturated heterocycles. The summed E-state index contributed by atoms with van der Waals surface area (Å²) >= 11 is 1.54. The third-order valence-electron chi connectivity index (χ3n) is 7.21. The zero-order chi connectivity index (χ0) is 26.5. The SMILES string of the molecule is Cc1cccc(C)c1-c1ccc(O)c2nc(Sc3[c-]c4c(cc3)c3ccccc3n4-c3ccccn3)ccc12.[Pt]. The second-order valence-electron chi connectivity index (χ2n) is 9.67. The van der Waals surface area contributed by atoms with Crippen molar-refractivity contribution in [1.29, 1.82) is 0 Å². The Hall–Kier alpha value is -3.92. The number of phenolic OH excluding ortho intramolecular Hbond substituents is 1. The molecule has 3 aromatic heterocycles. The molecule has 1 N–H and O–H groups in total. The zero-order valence-electron chi connectivity index (χ0n) is 21.8. The van der Waals surface area contributed by atoms with Gasteiger partial charge in [0.15, 0.2) is 0 Å². The van der Waals surface area contributed by atoms with E-state index in [1.165, 1.54) is 33.8 Å². The molecule has 0 fully saturated rings. The Morgan fingerprint density at radius 2 is 1.52 bits per heavy atom. The number of para-hydroxylation sites is 1. The standard InChI is InChI=1S/C34H24N3OS.Pt/c1-21-8-7-9-22(2)33(21)26-15-17-30(38)34-27(26)16-18-32(36-34)39-23-13-14-25-24-10-3-4-11-28(24)37(29(25)20-23)31-12-5-6-19-35-31;/h3-19,38H,1-2H3;/q-1;. The predicted molar refractivity (Wildman–Crippen MR) is 160 cm³/mol. The number of benzene rings is 4. The number of hydrogen-bond acceptors (Lipinski definition) is 4. The molecule has 3 heterocycles. The second-order valence-corrected chi connectivity index (χ2v) is 10.7. The summed E-state index contributed by atoms with van der Waals surface area (Å²) in [6, 6.07) is 36.3. The van der Waals surface area contributed by atoms with E-state index in [1.807, 2.05) is 36.5 Å². The van der Waals surface area contributed by atoms with Crippen molar-refractivity contribution in [2.75, 3.05) is 0 Å². The van der Waals surface area contributed by atoms with Crippen LogP contribution in [0.4, 0.5) is 0 Å². The van der Waals surface area contributed by atoms with Gasteiger partial charge in [-0.2, -0.15) is 12.1 Å². The van der Waals surface area contributed by atoms with E-state index in [1.54, 1.807) is 6.07 Å². The van der Waals surface area contributed by atoms with E-state index in [0.717, 1.165) is 43.1 Å². The van der Waals surface area contributed by atoms with E-state index in [9.17, 15) is 5.11 Å². The molecule has 7 aromatic rings. The molecule has 7 rings (SSSR count). The van der Waals surface area contributed by atoms with Crippen LogP contribution >= 0.6 is 11.8 Å². The first-order valence-electron chi connectivity index (χ1n) is 12.8. The maximum atomic E-state index is 10.8. The zero-order valence-corrected chi connectivity index (χ0v) is 24.9. The van der Waals surface area contributed by atoms with Gasteiger partial charge in [-0.1, -0.05) is 64.6 Å². The number of aryl methyl sites for hydroxylation is 2. The number of hydrogen-bond donors (Lipinski definition) is 1. The number of nitrogens with zero attached hydrogens (tertiary/aromatic N) is 3. The van der Waals surface area contributed by atoms with Gasteiger partial charge in [0, 0.05) is 38.2 Å². The largest absolute Gasteiger partial charge is 0.506 e. The molecule has 40 heavy (non-hydrogen) atoms. The van der Waals surface area contributed by atoms with Crippen molar-refractivity contribution < 1.29 is 26.2 Å². The molecule has 0 spiro atoms. The van der Waals surface area contributed by atoms with Crippen LogP contribution in [0.15, 0.2) is 113 Å². The second kappa shape index (κ2) is 10.6. The number of fused-ring (bicyclic) bond motifs is 4. The third kappa shape index (κ3) is 4.40. The van der Waals surface area contributed by atoms with Crippen molar-refractivity contribution in [2.45, 2.75) is 23.8 Å². The molecule has 0 amide bonds. The summed E-state index contributed by atoms with van der Waals surface area (Å²) < 4.78 is 2.16. The van der Waals surface area contributed by atoms with Gasteiger partial charge >= 0.3 is 0 Å². The predicted octanol–water partition coefficient (Wildman–Crippen LogP) is 8.67. The van der Waals surface area contributed by atoms with E-state index in [4.69, 9.17) is 4.98 Å². The van der Waals surface area contributed by atoms with E-state index in [0.29, 0.717) is 5.52 Å². The average molecular weight is 718 g/mol. The van der Waals surface area contributed by atoms with Gasteiger partial charge < -0.3 is 9.67 Å². The van der Waals surface area contributed by atoms with Crippen molar-refractivity contribution >= 4 is 44.5 Å². The fraction of sp³-hybridized carbons (Fsp3) is 0.0588. The molecule has 0 atom stereocenters. The number of aromatic hydroxyl groups is 1. The normalized spacial score (nSPS) is 11.2. The smallest absolute Gasteiger partial charge is 0.141 e. The van der Waals surface area contributed by atoms with Crippen LogP contribution in [0.2, 0.25) is 0 Å². The fourth-order valence-electron chi connectivity index (χ4n) is 5.47. The topological polar surface area (TPSA) is 50.9 Å². The average Bonchev–Trinajstić information content (AvgIpc) is 3.28. The fourth-order valence-corrected chi connectivity index (χ4v) is 6.25. The minimum absolute atomic E-state index is 0. The van der Waals surface area contributed by atoms with Crippen LogP contribution in [0, 0.1) is 19.9 Å². The first-order valence-corrected chi connectivity index (χ1v) is 13.6. The molecule has 0 aliphatic carbocycles. The molecular formula is C34H24N3OPtS-. The molecule has 4 nitrogen and oxygen atoms in total. The summed E-state index contributed by atoms with van der Waals surface area (Å²) in [5.74, 6) is 1.03. The molecule has 0 aliphatic rings. The molecule has 0 bridgehead atoms. The van der Waals surface area contributed by atoms with Crippen LogP contribution in [0.3, 0.4) is 0 Å². The number of phenols is 1. The minimum Gasteiger partial charge on any atom is -0.506 e.